The van der Waals surface area contributed by atoms with E-state index in [-0.39, 0.29) is 23.3 Å². The highest BCUT2D eigenvalue weighted by atomic mass is 16.3. The van der Waals surface area contributed by atoms with Gasteiger partial charge in [-0.2, -0.15) is 5.26 Å². The van der Waals surface area contributed by atoms with Crippen LogP contribution in [0.5, 0.6) is 0 Å². The lowest BCUT2D eigenvalue weighted by atomic mass is 10.0. The summed E-state index contributed by atoms with van der Waals surface area (Å²) in [5, 5.41) is 19.2. The predicted octanol–water partition coefficient (Wildman–Crippen LogP) is 4.72. The monoisotopic (exact) mass is 320 g/mol. The van der Waals surface area contributed by atoms with Gasteiger partial charge in [0.2, 0.25) is 0 Å². The number of hydrogen-bond acceptors (Lipinski definition) is 3. The molecule has 0 radical (unpaired) electrons. The molecule has 1 unspecified atom stereocenters. The van der Waals surface area contributed by atoms with E-state index >= 15 is 0 Å². The summed E-state index contributed by atoms with van der Waals surface area (Å²) in [6.07, 6.45) is 10.4. The zero-order chi connectivity index (χ0) is 17.2. The zero-order valence-corrected chi connectivity index (χ0v) is 15.0. The molecule has 1 atom stereocenters. The first-order valence-electron chi connectivity index (χ1n) is 9.17. The predicted molar refractivity (Wildman–Crippen MR) is 92.8 cm³/mol. The third-order valence-electron chi connectivity index (χ3n) is 4.48. The molecule has 130 valence electrons. The number of aliphatic hydroxyl groups excluding tert-OH is 1. The molecule has 1 amide bonds. The molecule has 0 aromatic rings. The Bertz CT molecular complexity index is 449. The van der Waals surface area contributed by atoms with Crippen molar-refractivity contribution in [1.82, 2.24) is 4.90 Å². The SMILES string of the molecule is CCCCCCCCCCN1C(=O)C(C#N)=C(O)C1CC(C)C. The lowest BCUT2D eigenvalue weighted by Gasteiger charge is -2.26. The molecule has 0 spiro atoms. The topological polar surface area (TPSA) is 64.3 Å². The minimum absolute atomic E-state index is 0.0224. The van der Waals surface area contributed by atoms with Gasteiger partial charge >= 0.3 is 0 Å². The first-order chi connectivity index (χ1) is 11.0. The van der Waals surface area contributed by atoms with Gasteiger partial charge in [-0.05, 0) is 18.8 Å². The second kappa shape index (κ2) is 10.3. The summed E-state index contributed by atoms with van der Waals surface area (Å²) in [5.74, 6) is 0.0541. The van der Waals surface area contributed by atoms with Gasteiger partial charge in [-0.15, -0.1) is 0 Å². The third kappa shape index (κ3) is 5.89. The smallest absolute Gasteiger partial charge is 0.268 e. The van der Waals surface area contributed by atoms with Crippen molar-refractivity contribution in [3.8, 4) is 6.07 Å². The summed E-state index contributed by atoms with van der Waals surface area (Å²) in [6, 6.07) is 1.56. The molecule has 0 aromatic carbocycles. The number of nitriles is 1. The molecule has 0 aliphatic carbocycles. The Morgan fingerprint density at radius 2 is 1.70 bits per heavy atom. The fourth-order valence-corrected chi connectivity index (χ4v) is 3.17. The van der Waals surface area contributed by atoms with Crippen LogP contribution >= 0.6 is 0 Å². The van der Waals surface area contributed by atoms with Crippen LogP contribution in [-0.4, -0.2) is 28.5 Å². The summed E-state index contributed by atoms with van der Waals surface area (Å²) in [7, 11) is 0. The van der Waals surface area contributed by atoms with Gasteiger partial charge < -0.3 is 10.0 Å². The minimum Gasteiger partial charge on any atom is -0.509 e. The second-order valence-corrected chi connectivity index (χ2v) is 6.99. The molecule has 0 aromatic heterocycles. The summed E-state index contributed by atoms with van der Waals surface area (Å²) in [5.41, 5.74) is -0.0600. The van der Waals surface area contributed by atoms with E-state index in [1.54, 1.807) is 4.90 Å². The van der Waals surface area contributed by atoms with Gasteiger partial charge in [0.25, 0.3) is 5.91 Å². The molecule has 1 N–H and O–H groups in total. The maximum Gasteiger partial charge on any atom is 0.268 e. The number of rotatable bonds is 11. The fourth-order valence-electron chi connectivity index (χ4n) is 3.17. The van der Waals surface area contributed by atoms with Crippen LogP contribution in [0.3, 0.4) is 0 Å². The van der Waals surface area contributed by atoms with Crippen LogP contribution in [0.4, 0.5) is 0 Å². The summed E-state index contributed by atoms with van der Waals surface area (Å²) in [4.78, 5) is 14.0. The highest BCUT2D eigenvalue weighted by Crippen LogP contribution is 2.28. The fraction of sp³-hybridized carbons (Fsp3) is 0.789. The van der Waals surface area contributed by atoms with E-state index < -0.39 is 0 Å². The van der Waals surface area contributed by atoms with Gasteiger partial charge in [0.1, 0.15) is 11.8 Å². The average Bonchev–Trinajstić information content (AvgIpc) is 2.72. The number of carbonyl (C=O) groups is 1. The van der Waals surface area contributed by atoms with Gasteiger partial charge in [-0.3, -0.25) is 4.79 Å². The van der Waals surface area contributed by atoms with Crippen molar-refractivity contribution in [1.29, 1.82) is 5.26 Å². The molecule has 1 aliphatic heterocycles. The van der Waals surface area contributed by atoms with Crippen LogP contribution in [-0.2, 0) is 4.79 Å². The lowest BCUT2D eigenvalue weighted by molar-refractivity contribution is -0.127. The molecule has 0 fully saturated rings. The Morgan fingerprint density at radius 3 is 2.22 bits per heavy atom. The number of carbonyl (C=O) groups excluding carboxylic acids is 1. The Morgan fingerprint density at radius 1 is 1.13 bits per heavy atom. The van der Waals surface area contributed by atoms with E-state index in [0.29, 0.717) is 18.9 Å². The Balaban J connectivity index is 2.39. The largest absolute Gasteiger partial charge is 0.509 e. The van der Waals surface area contributed by atoms with Crippen molar-refractivity contribution in [2.75, 3.05) is 6.54 Å². The first kappa shape index (κ1) is 19.5. The standard InChI is InChI=1S/C19H32N2O2/c1-4-5-6-7-8-9-10-11-12-21-17(13-15(2)3)18(22)16(14-20)19(21)23/h15,17,22H,4-13H2,1-3H3. The molecule has 1 aliphatic rings. The molecule has 23 heavy (non-hydrogen) atoms. The van der Waals surface area contributed by atoms with Crippen LogP contribution in [0.2, 0.25) is 0 Å². The minimum atomic E-state index is -0.304. The Kier molecular flexibility index (Phi) is 8.76. The summed E-state index contributed by atoms with van der Waals surface area (Å²) >= 11 is 0. The highest BCUT2D eigenvalue weighted by molar-refractivity contribution is 6.00. The van der Waals surface area contributed by atoms with E-state index in [1.165, 1.54) is 38.5 Å². The van der Waals surface area contributed by atoms with Crippen molar-refractivity contribution in [2.45, 2.75) is 84.6 Å². The van der Waals surface area contributed by atoms with Crippen molar-refractivity contribution in [3.05, 3.63) is 11.3 Å². The van der Waals surface area contributed by atoms with Crippen molar-refractivity contribution in [2.24, 2.45) is 5.92 Å². The number of nitrogens with zero attached hydrogens (tertiary/aromatic N) is 2. The number of unbranched alkanes of at least 4 members (excludes halogenated alkanes) is 7. The zero-order valence-electron chi connectivity index (χ0n) is 15.0. The number of aliphatic hydroxyl groups is 1. The first-order valence-corrected chi connectivity index (χ1v) is 9.17. The molecule has 1 heterocycles. The van der Waals surface area contributed by atoms with Crippen LogP contribution in [0.25, 0.3) is 0 Å². The quantitative estimate of drug-likeness (QED) is 0.560. The summed E-state index contributed by atoms with van der Waals surface area (Å²) in [6.45, 7) is 6.99. The van der Waals surface area contributed by atoms with Gasteiger partial charge in [0, 0.05) is 6.54 Å². The van der Waals surface area contributed by atoms with Crippen LogP contribution < -0.4 is 0 Å². The van der Waals surface area contributed by atoms with Gasteiger partial charge in [-0.1, -0.05) is 65.7 Å². The van der Waals surface area contributed by atoms with Crippen LogP contribution in [0.1, 0.15) is 78.6 Å². The van der Waals surface area contributed by atoms with E-state index in [0.717, 1.165) is 12.8 Å². The molecule has 0 saturated carbocycles. The molecular formula is C19H32N2O2. The maximum atomic E-state index is 12.3. The normalized spacial score (nSPS) is 18.1. The number of amides is 1. The molecule has 4 nitrogen and oxygen atoms in total. The van der Waals surface area contributed by atoms with E-state index in [9.17, 15) is 9.90 Å². The molecule has 0 saturated heterocycles. The second-order valence-electron chi connectivity index (χ2n) is 6.99. The van der Waals surface area contributed by atoms with Gasteiger partial charge in [0.05, 0.1) is 6.04 Å². The van der Waals surface area contributed by atoms with Crippen molar-refractivity contribution < 1.29 is 9.90 Å². The molecule has 1 rings (SSSR count). The molecule has 4 heteroatoms. The van der Waals surface area contributed by atoms with E-state index in [2.05, 4.69) is 20.8 Å². The van der Waals surface area contributed by atoms with Crippen molar-refractivity contribution in [3.63, 3.8) is 0 Å². The van der Waals surface area contributed by atoms with Gasteiger partial charge in [0.15, 0.2) is 5.57 Å². The lowest BCUT2D eigenvalue weighted by Crippen LogP contribution is -2.37. The number of hydrogen-bond donors (Lipinski definition) is 1. The van der Waals surface area contributed by atoms with Crippen molar-refractivity contribution >= 4 is 5.91 Å². The van der Waals surface area contributed by atoms with E-state index in [1.807, 2.05) is 6.07 Å². The van der Waals surface area contributed by atoms with Gasteiger partial charge in [-0.25, -0.2) is 0 Å². The Labute approximate surface area is 141 Å². The highest BCUT2D eigenvalue weighted by Gasteiger charge is 2.39. The molecular weight excluding hydrogens is 288 g/mol. The Hall–Kier alpha value is -1.50. The average molecular weight is 320 g/mol. The van der Waals surface area contributed by atoms with Crippen LogP contribution in [0.15, 0.2) is 11.3 Å². The van der Waals surface area contributed by atoms with E-state index in [4.69, 9.17) is 5.26 Å². The maximum absolute atomic E-state index is 12.3. The summed E-state index contributed by atoms with van der Waals surface area (Å²) < 4.78 is 0. The van der Waals surface area contributed by atoms with Crippen LogP contribution in [0, 0.1) is 17.2 Å². The third-order valence-corrected chi connectivity index (χ3v) is 4.48. The molecule has 0 bridgehead atoms.